The number of hydrogen-bond acceptors (Lipinski definition) is 4. The number of benzene rings is 3. The summed E-state index contributed by atoms with van der Waals surface area (Å²) in [4.78, 5) is 2.72. The van der Waals surface area contributed by atoms with Gasteiger partial charge in [-0.15, -0.1) is 24.8 Å². The lowest BCUT2D eigenvalue weighted by Gasteiger charge is -2.54. The minimum atomic E-state index is 0. The van der Waals surface area contributed by atoms with E-state index in [2.05, 4.69) is 70.9 Å². The maximum absolute atomic E-state index is 5.62. The Balaban J connectivity index is 0.00000171. The van der Waals surface area contributed by atoms with Crippen LogP contribution in [0.4, 0.5) is 0 Å². The fraction of sp³-hybridized carbons (Fsp3) is 0.379. The average molecular weight is 516 g/mol. The van der Waals surface area contributed by atoms with Crippen LogP contribution in [0.2, 0.25) is 0 Å². The van der Waals surface area contributed by atoms with Crippen LogP contribution >= 0.6 is 24.8 Å². The maximum Gasteiger partial charge on any atom is 0.123 e. The van der Waals surface area contributed by atoms with Crippen LogP contribution in [0.25, 0.3) is 0 Å². The fourth-order valence-corrected chi connectivity index (χ4v) is 5.95. The van der Waals surface area contributed by atoms with Gasteiger partial charge in [0, 0.05) is 30.1 Å². The first-order valence-corrected chi connectivity index (χ1v) is 12.1. The molecule has 0 amide bonds. The molecule has 6 heteroatoms. The first-order chi connectivity index (χ1) is 16.3. The van der Waals surface area contributed by atoms with Crippen molar-refractivity contribution in [3.05, 3.63) is 95.6 Å². The van der Waals surface area contributed by atoms with Crippen LogP contribution in [0.3, 0.4) is 0 Å². The summed E-state index contributed by atoms with van der Waals surface area (Å²) >= 11 is 0. The van der Waals surface area contributed by atoms with Crippen molar-refractivity contribution in [2.45, 2.75) is 37.4 Å². The van der Waals surface area contributed by atoms with Gasteiger partial charge >= 0.3 is 0 Å². The molecule has 2 bridgehead atoms. The average Bonchev–Trinajstić information content (AvgIpc) is 2.89. The highest BCUT2D eigenvalue weighted by Gasteiger charge is 2.46. The smallest absolute Gasteiger partial charge is 0.123 e. The number of halogens is 2. The number of hydrogen-bond donors (Lipinski definition) is 1. The van der Waals surface area contributed by atoms with Gasteiger partial charge < -0.3 is 14.8 Å². The molecule has 4 nitrogen and oxygen atoms in total. The number of piperidine rings is 3. The number of ether oxygens (including phenoxy) is 2. The second-order valence-corrected chi connectivity index (χ2v) is 9.25. The summed E-state index contributed by atoms with van der Waals surface area (Å²) in [5, 5.41) is 3.99. The van der Waals surface area contributed by atoms with Crippen molar-refractivity contribution in [3.8, 4) is 11.5 Å². The van der Waals surface area contributed by atoms with Crippen LogP contribution < -0.4 is 14.8 Å². The van der Waals surface area contributed by atoms with E-state index >= 15 is 0 Å². The molecular weight excluding hydrogens is 479 g/mol. The Labute approximate surface area is 221 Å². The SMILES string of the molecule is COc1cccc(C(c2ccccc2)[C@H]2[C@H](NCc3ccccc3OC)C3CCN2CC3)c1.Cl.Cl. The Kier molecular flexibility index (Phi) is 9.88. The molecule has 3 aromatic carbocycles. The third-order valence-corrected chi connectivity index (χ3v) is 7.55. The first-order valence-electron chi connectivity index (χ1n) is 12.1. The monoisotopic (exact) mass is 514 g/mol. The van der Waals surface area contributed by atoms with Gasteiger partial charge in [-0.3, -0.25) is 4.90 Å². The minimum Gasteiger partial charge on any atom is -0.497 e. The second-order valence-electron chi connectivity index (χ2n) is 9.25. The van der Waals surface area contributed by atoms with E-state index in [9.17, 15) is 0 Å². The minimum absolute atomic E-state index is 0. The Morgan fingerprint density at radius 1 is 0.829 bits per heavy atom. The quantitative estimate of drug-likeness (QED) is 0.403. The van der Waals surface area contributed by atoms with Crippen LogP contribution in [0.15, 0.2) is 78.9 Å². The predicted molar refractivity (Wildman–Crippen MR) is 147 cm³/mol. The van der Waals surface area contributed by atoms with Gasteiger partial charge in [-0.1, -0.05) is 60.7 Å². The zero-order chi connectivity index (χ0) is 22.6. The summed E-state index contributed by atoms with van der Waals surface area (Å²) in [5.41, 5.74) is 3.91. The molecule has 3 atom stereocenters. The summed E-state index contributed by atoms with van der Waals surface area (Å²) in [6.45, 7) is 3.17. The number of fused-ring (bicyclic) bond motifs is 3. The molecule has 0 aromatic heterocycles. The molecule has 0 radical (unpaired) electrons. The van der Waals surface area contributed by atoms with Gasteiger partial charge in [0.25, 0.3) is 0 Å². The number of para-hydroxylation sites is 1. The largest absolute Gasteiger partial charge is 0.497 e. The molecule has 3 aliphatic rings. The predicted octanol–water partition coefficient (Wildman–Crippen LogP) is 5.93. The molecule has 3 aliphatic heterocycles. The molecular formula is C29H36Cl2N2O2. The van der Waals surface area contributed by atoms with Crippen LogP contribution in [0, 0.1) is 5.92 Å². The summed E-state index contributed by atoms with van der Waals surface area (Å²) in [6, 6.07) is 28.8. The number of nitrogens with one attached hydrogen (secondary N) is 1. The highest BCUT2D eigenvalue weighted by Crippen LogP contribution is 2.42. The standard InChI is InChI=1S/C29H34N2O2.2ClH/c1-32-25-13-8-12-23(19-25)27(21-9-4-3-5-10-21)29-28(22-15-17-31(29)18-16-22)30-20-24-11-6-7-14-26(24)33-2;;/h3-14,19,22,27-30H,15-18,20H2,1-2H3;2*1H/t27?,28-,29+;;/m1../s1. The highest BCUT2D eigenvalue weighted by atomic mass is 35.5. The molecule has 6 rings (SSSR count). The van der Waals surface area contributed by atoms with Gasteiger partial charge in [-0.25, -0.2) is 0 Å². The van der Waals surface area contributed by atoms with Gasteiger partial charge in [0.05, 0.1) is 14.2 Å². The number of nitrogens with zero attached hydrogens (tertiary/aromatic N) is 1. The van der Waals surface area contributed by atoms with E-state index in [-0.39, 0.29) is 30.7 Å². The van der Waals surface area contributed by atoms with Gasteiger partial charge in [-0.05, 0) is 61.2 Å². The molecule has 1 unspecified atom stereocenters. The molecule has 3 heterocycles. The summed E-state index contributed by atoms with van der Waals surface area (Å²) in [5.74, 6) is 2.84. The van der Waals surface area contributed by atoms with Crippen molar-refractivity contribution in [2.24, 2.45) is 5.92 Å². The zero-order valence-corrected chi connectivity index (χ0v) is 22.1. The number of rotatable bonds is 8. The van der Waals surface area contributed by atoms with Crippen molar-refractivity contribution in [2.75, 3.05) is 27.3 Å². The molecule has 0 saturated carbocycles. The van der Waals surface area contributed by atoms with E-state index in [1.807, 2.05) is 18.2 Å². The van der Waals surface area contributed by atoms with E-state index in [0.29, 0.717) is 18.0 Å². The van der Waals surface area contributed by atoms with Gasteiger partial charge in [0.15, 0.2) is 0 Å². The van der Waals surface area contributed by atoms with Gasteiger partial charge in [0.1, 0.15) is 11.5 Å². The Morgan fingerprint density at radius 2 is 1.51 bits per heavy atom. The third kappa shape index (κ3) is 5.78. The third-order valence-electron chi connectivity index (χ3n) is 7.55. The van der Waals surface area contributed by atoms with Crippen LogP contribution in [-0.2, 0) is 6.54 Å². The molecule has 1 N–H and O–H groups in total. The van der Waals surface area contributed by atoms with Crippen molar-refractivity contribution in [3.63, 3.8) is 0 Å². The number of methoxy groups -OCH3 is 2. The summed E-state index contributed by atoms with van der Waals surface area (Å²) in [6.07, 6.45) is 2.53. The van der Waals surface area contributed by atoms with Crippen molar-refractivity contribution in [1.82, 2.24) is 10.2 Å². The Morgan fingerprint density at radius 3 is 2.23 bits per heavy atom. The van der Waals surface area contributed by atoms with Crippen LogP contribution in [0.1, 0.15) is 35.4 Å². The lowest BCUT2D eigenvalue weighted by atomic mass is 9.70. The molecule has 35 heavy (non-hydrogen) atoms. The first kappa shape index (κ1) is 27.3. The van der Waals surface area contributed by atoms with Crippen LogP contribution in [0.5, 0.6) is 11.5 Å². The zero-order valence-electron chi connectivity index (χ0n) is 20.4. The summed E-state index contributed by atoms with van der Waals surface area (Å²) < 4.78 is 11.2. The lowest BCUT2D eigenvalue weighted by molar-refractivity contribution is 0.00460. The van der Waals surface area contributed by atoms with Crippen LogP contribution in [-0.4, -0.2) is 44.3 Å². The lowest BCUT2D eigenvalue weighted by Crippen LogP contribution is -2.64. The molecule has 3 saturated heterocycles. The van der Waals surface area contributed by atoms with Crippen molar-refractivity contribution in [1.29, 1.82) is 0 Å². The Hall–Kier alpha value is -2.24. The molecule has 3 fully saturated rings. The molecule has 0 aliphatic carbocycles. The molecule has 188 valence electrons. The topological polar surface area (TPSA) is 33.7 Å². The van der Waals surface area contributed by atoms with E-state index < -0.39 is 0 Å². The molecule has 0 spiro atoms. The second kappa shape index (κ2) is 12.6. The van der Waals surface area contributed by atoms with Gasteiger partial charge in [-0.2, -0.15) is 0 Å². The van der Waals surface area contributed by atoms with Crippen molar-refractivity contribution < 1.29 is 9.47 Å². The maximum atomic E-state index is 5.62. The Bertz CT molecular complexity index is 1060. The summed E-state index contributed by atoms with van der Waals surface area (Å²) in [7, 11) is 3.50. The molecule has 3 aromatic rings. The van der Waals surface area contributed by atoms with Crippen molar-refractivity contribution >= 4 is 24.8 Å². The highest BCUT2D eigenvalue weighted by molar-refractivity contribution is 5.85. The van der Waals surface area contributed by atoms with Gasteiger partial charge in [0.2, 0.25) is 0 Å². The van der Waals surface area contributed by atoms with E-state index in [1.165, 1.54) is 42.6 Å². The van der Waals surface area contributed by atoms with E-state index in [1.54, 1.807) is 14.2 Å². The fourth-order valence-electron chi connectivity index (χ4n) is 5.95. The van der Waals surface area contributed by atoms with E-state index in [0.717, 1.165) is 18.0 Å². The normalized spacial score (nSPS) is 23.5. The van der Waals surface area contributed by atoms with E-state index in [4.69, 9.17) is 9.47 Å².